The molecule has 31 heavy (non-hydrogen) atoms. The summed E-state index contributed by atoms with van der Waals surface area (Å²) >= 11 is 5.55. The molecule has 4 aromatic carbocycles. The third-order valence-corrected chi connectivity index (χ3v) is 6.08. The van der Waals surface area contributed by atoms with Gasteiger partial charge in [0.25, 0.3) is 0 Å². The fourth-order valence-electron chi connectivity index (χ4n) is 4.03. The highest BCUT2D eigenvalue weighted by molar-refractivity contribution is 6.31. The summed E-state index contributed by atoms with van der Waals surface area (Å²) in [6.07, 6.45) is 4.76. The van der Waals surface area contributed by atoms with Crippen LogP contribution in [0.5, 0.6) is 0 Å². The zero-order chi connectivity index (χ0) is 22.1. The maximum atomic E-state index is 15.1. The Balaban J connectivity index is 1.79. The van der Waals surface area contributed by atoms with E-state index in [9.17, 15) is 13.2 Å². The Hall–Kier alpha value is -2.59. The predicted molar refractivity (Wildman–Crippen MR) is 120 cm³/mol. The molecule has 4 aromatic rings. The molecule has 160 valence electrons. The van der Waals surface area contributed by atoms with E-state index in [1.807, 2.05) is 6.07 Å². The average molecular weight is 445 g/mol. The van der Waals surface area contributed by atoms with Gasteiger partial charge in [0.1, 0.15) is 28.3 Å². The topological polar surface area (TPSA) is 0 Å². The molecule has 0 heterocycles. The number of aryl methyl sites for hydroxylation is 1. The minimum Gasteiger partial charge on any atom is -0.206 e. The summed E-state index contributed by atoms with van der Waals surface area (Å²) < 4.78 is 57.8. The van der Waals surface area contributed by atoms with Crippen molar-refractivity contribution < 1.29 is 17.6 Å². The van der Waals surface area contributed by atoms with Crippen LogP contribution in [0, 0.1) is 23.3 Å². The van der Waals surface area contributed by atoms with Crippen molar-refractivity contribution in [1.29, 1.82) is 0 Å². The minimum atomic E-state index is -0.885. The number of rotatable bonds is 6. The van der Waals surface area contributed by atoms with Gasteiger partial charge in [0.15, 0.2) is 0 Å². The van der Waals surface area contributed by atoms with Gasteiger partial charge in [-0.2, -0.15) is 0 Å². The van der Waals surface area contributed by atoms with Crippen LogP contribution < -0.4 is 0 Å². The number of halogens is 5. The molecule has 0 aromatic heterocycles. The fourth-order valence-corrected chi connectivity index (χ4v) is 4.14. The lowest BCUT2D eigenvalue weighted by atomic mass is 9.94. The van der Waals surface area contributed by atoms with Crippen LogP contribution in [-0.4, -0.2) is 0 Å². The molecule has 0 radical (unpaired) electrons. The van der Waals surface area contributed by atoms with Gasteiger partial charge in [0.2, 0.25) is 0 Å². The Morgan fingerprint density at radius 3 is 2.03 bits per heavy atom. The quantitative estimate of drug-likeness (QED) is 0.120. The molecule has 5 heteroatoms. The molecule has 0 atom stereocenters. The van der Waals surface area contributed by atoms with Crippen molar-refractivity contribution >= 4 is 33.1 Å². The van der Waals surface area contributed by atoms with Crippen molar-refractivity contribution in [2.24, 2.45) is 0 Å². The maximum Gasteiger partial charge on any atom is 0.145 e. The lowest BCUT2D eigenvalue weighted by molar-refractivity contribution is 0.585. The Bertz CT molecular complexity index is 1260. The van der Waals surface area contributed by atoms with Crippen molar-refractivity contribution in [2.45, 2.75) is 39.0 Å². The van der Waals surface area contributed by atoms with Gasteiger partial charge >= 0.3 is 0 Å². The molecule has 0 N–H and O–H groups in total. The zero-order valence-corrected chi connectivity index (χ0v) is 17.8. The summed E-state index contributed by atoms with van der Waals surface area (Å²) in [5.74, 6) is -2.74. The van der Waals surface area contributed by atoms with E-state index >= 15 is 4.39 Å². The molecular weight excluding hydrogens is 424 g/mol. The Kier molecular flexibility index (Phi) is 6.19. The smallest absolute Gasteiger partial charge is 0.145 e. The number of unbranched alkanes of at least 4 members (excludes halogenated alkanes) is 3. The molecule has 0 unspecified atom stereocenters. The van der Waals surface area contributed by atoms with Crippen molar-refractivity contribution in [1.82, 2.24) is 0 Å². The van der Waals surface area contributed by atoms with Crippen LogP contribution in [0.25, 0.3) is 32.7 Å². The molecule has 4 rings (SSSR count). The van der Waals surface area contributed by atoms with Gasteiger partial charge in [-0.3, -0.25) is 0 Å². The lowest BCUT2D eigenvalue weighted by Crippen LogP contribution is -1.95. The largest absolute Gasteiger partial charge is 0.206 e. The normalized spacial score (nSPS) is 11.5. The van der Waals surface area contributed by atoms with Gasteiger partial charge in [0, 0.05) is 10.8 Å². The first-order valence-electron chi connectivity index (χ1n) is 10.4. The van der Waals surface area contributed by atoms with Crippen LogP contribution in [0.4, 0.5) is 17.6 Å². The summed E-state index contributed by atoms with van der Waals surface area (Å²) in [4.78, 5) is 0. The Morgan fingerprint density at radius 1 is 0.645 bits per heavy atom. The highest BCUT2D eigenvalue weighted by atomic mass is 35.5. The van der Waals surface area contributed by atoms with Crippen molar-refractivity contribution in [3.05, 3.63) is 82.4 Å². The van der Waals surface area contributed by atoms with Gasteiger partial charge in [-0.15, -0.1) is 0 Å². The molecule has 0 fully saturated rings. The van der Waals surface area contributed by atoms with E-state index in [1.165, 1.54) is 12.1 Å². The Morgan fingerprint density at radius 2 is 1.32 bits per heavy atom. The molecule has 0 aliphatic rings. The highest BCUT2D eigenvalue weighted by Gasteiger charge is 2.15. The highest BCUT2D eigenvalue weighted by Crippen LogP contribution is 2.35. The number of hydrogen-bond acceptors (Lipinski definition) is 0. The lowest BCUT2D eigenvalue weighted by Gasteiger charge is -2.12. The van der Waals surface area contributed by atoms with E-state index in [2.05, 4.69) is 6.92 Å². The van der Waals surface area contributed by atoms with Gasteiger partial charge in [-0.25, -0.2) is 17.6 Å². The SMILES string of the molecule is CCCCCCc1ccc2c(cc(F)c3cc(-c4cc(F)c(Cl)c(F)c4)ccc32)c1F. The van der Waals surface area contributed by atoms with Crippen LogP contribution in [0.2, 0.25) is 5.02 Å². The molecule has 0 nitrogen and oxygen atoms in total. The van der Waals surface area contributed by atoms with E-state index in [4.69, 9.17) is 11.6 Å². The van der Waals surface area contributed by atoms with Crippen LogP contribution in [0.3, 0.4) is 0 Å². The number of hydrogen-bond donors (Lipinski definition) is 0. The van der Waals surface area contributed by atoms with E-state index in [-0.39, 0.29) is 22.2 Å². The molecule has 0 saturated carbocycles. The second kappa shape index (κ2) is 8.88. The van der Waals surface area contributed by atoms with Crippen LogP contribution in [-0.2, 0) is 6.42 Å². The van der Waals surface area contributed by atoms with E-state index in [1.54, 1.807) is 18.2 Å². The second-order valence-corrected chi connectivity index (χ2v) is 8.20. The van der Waals surface area contributed by atoms with Gasteiger partial charge < -0.3 is 0 Å². The third kappa shape index (κ3) is 4.14. The summed E-state index contributed by atoms with van der Waals surface area (Å²) in [5, 5.41) is 1.07. The molecule has 0 amide bonds. The summed E-state index contributed by atoms with van der Waals surface area (Å²) in [6, 6.07) is 11.8. The molecular formula is C26H21ClF4. The monoisotopic (exact) mass is 444 g/mol. The van der Waals surface area contributed by atoms with Crippen LogP contribution >= 0.6 is 11.6 Å². The zero-order valence-electron chi connectivity index (χ0n) is 17.0. The van der Waals surface area contributed by atoms with Crippen molar-refractivity contribution in [3.8, 4) is 11.1 Å². The van der Waals surface area contributed by atoms with Gasteiger partial charge in [0.05, 0.1) is 0 Å². The minimum absolute atomic E-state index is 0.245. The van der Waals surface area contributed by atoms with Gasteiger partial charge in [-0.1, -0.05) is 62.1 Å². The average Bonchev–Trinajstić information content (AvgIpc) is 2.76. The standard InChI is InChI=1S/C26H21ClF4/c1-2-3-4-5-6-15-7-9-19-18-10-8-16(17-12-23(29)25(27)24(30)13-17)11-20(18)22(28)14-21(19)26(15)31/h7-14H,2-6H2,1H3. The molecule has 0 spiro atoms. The number of fused-ring (bicyclic) bond motifs is 3. The van der Waals surface area contributed by atoms with Gasteiger partial charge in [-0.05, 0) is 64.6 Å². The first kappa shape index (κ1) is 21.6. The summed E-state index contributed by atoms with van der Waals surface area (Å²) in [7, 11) is 0. The second-order valence-electron chi connectivity index (χ2n) is 7.82. The first-order chi connectivity index (χ1) is 14.9. The summed E-state index contributed by atoms with van der Waals surface area (Å²) in [5.41, 5.74) is 1.27. The number of benzene rings is 4. The molecule has 0 aliphatic heterocycles. The van der Waals surface area contributed by atoms with Crippen LogP contribution in [0.1, 0.15) is 38.2 Å². The maximum absolute atomic E-state index is 15.1. The summed E-state index contributed by atoms with van der Waals surface area (Å²) in [6.45, 7) is 2.12. The van der Waals surface area contributed by atoms with Crippen molar-refractivity contribution in [2.75, 3.05) is 0 Å². The van der Waals surface area contributed by atoms with Crippen molar-refractivity contribution in [3.63, 3.8) is 0 Å². The Labute approximate surface area is 183 Å². The predicted octanol–water partition coefficient (Wildman–Crippen LogP) is 8.99. The fraction of sp³-hybridized carbons (Fsp3) is 0.231. The molecule has 0 saturated heterocycles. The molecule has 0 aliphatic carbocycles. The molecule has 0 bridgehead atoms. The van der Waals surface area contributed by atoms with E-state index in [0.29, 0.717) is 28.3 Å². The van der Waals surface area contributed by atoms with E-state index < -0.39 is 22.5 Å². The third-order valence-electron chi connectivity index (χ3n) is 5.71. The van der Waals surface area contributed by atoms with Crippen LogP contribution in [0.15, 0.2) is 48.5 Å². The first-order valence-corrected chi connectivity index (χ1v) is 10.8. The van der Waals surface area contributed by atoms with E-state index in [0.717, 1.165) is 37.8 Å².